The van der Waals surface area contributed by atoms with Crippen molar-refractivity contribution in [1.29, 1.82) is 5.26 Å². The molecule has 2 bridgehead atoms. The minimum Gasteiger partial charge on any atom is -0.462 e. The Morgan fingerprint density at radius 3 is 2.20 bits per heavy atom. The third kappa shape index (κ3) is 7.22. The van der Waals surface area contributed by atoms with Gasteiger partial charge in [-0.15, -0.1) is 0 Å². The maximum Gasteiger partial charge on any atom is 0.350 e. The van der Waals surface area contributed by atoms with Crippen molar-refractivity contribution in [2.24, 2.45) is 22.7 Å². The molecular weight excluding hydrogens is 534 g/mol. The van der Waals surface area contributed by atoms with Gasteiger partial charge in [-0.3, -0.25) is 9.59 Å². The van der Waals surface area contributed by atoms with Crippen molar-refractivity contribution in [3.63, 3.8) is 0 Å². The van der Waals surface area contributed by atoms with Crippen LogP contribution >= 0.6 is 0 Å². The Bertz CT molecular complexity index is 1000. The van der Waals surface area contributed by atoms with Crippen molar-refractivity contribution in [2.45, 2.75) is 137 Å². The first-order valence-electron chi connectivity index (χ1n) is 14.7. The summed E-state index contributed by atoms with van der Waals surface area (Å²) in [7, 11) is 0. The van der Waals surface area contributed by atoms with Gasteiger partial charge in [0.15, 0.2) is 24.3 Å². The zero-order valence-electron chi connectivity index (χ0n) is 25.6. The molecule has 41 heavy (non-hydrogen) atoms. The molecule has 2 saturated carbocycles. The number of nitriles is 1. The quantitative estimate of drug-likeness (QED) is 0.345. The van der Waals surface area contributed by atoms with E-state index in [1.807, 2.05) is 20.8 Å². The Kier molecular flexibility index (Phi) is 10.5. The molecule has 0 aromatic heterocycles. The van der Waals surface area contributed by atoms with Gasteiger partial charge in [0.25, 0.3) is 0 Å². The number of ether oxygens (including phenoxy) is 6. The van der Waals surface area contributed by atoms with Gasteiger partial charge in [0, 0.05) is 6.92 Å². The van der Waals surface area contributed by atoms with Gasteiger partial charge in [-0.1, -0.05) is 13.8 Å². The Hall–Kier alpha value is -2.26. The summed E-state index contributed by atoms with van der Waals surface area (Å²) in [5.41, 5.74) is -1.37. The average molecular weight is 582 g/mol. The number of aliphatic hydroxyl groups is 1. The zero-order valence-corrected chi connectivity index (χ0v) is 25.6. The van der Waals surface area contributed by atoms with E-state index in [0.29, 0.717) is 12.3 Å². The summed E-state index contributed by atoms with van der Waals surface area (Å²) < 4.78 is 33.2. The lowest BCUT2D eigenvalue weighted by Crippen LogP contribution is -2.42. The van der Waals surface area contributed by atoms with Crippen LogP contribution in [0.1, 0.15) is 93.9 Å². The van der Waals surface area contributed by atoms with Crippen molar-refractivity contribution in [3.8, 4) is 6.07 Å². The summed E-state index contributed by atoms with van der Waals surface area (Å²) in [4.78, 5) is 36.2. The van der Waals surface area contributed by atoms with Gasteiger partial charge in [0.1, 0.15) is 12.2 Å². The summed E-state index contributed by atoms with van der Waals surface area (Å²) in [5.74, 6) is -0.629. The van der Waals surface area contributed by atoms with E-state index in [9.17, 15) is 19.5 Å². The molecule has 0 spiro atoms. The van der Waals surface area contributed by atoms with E-state index in [1.54, 1.807) is 33.8 Å². The summed E-state index contributed by atoms with van der Waals surface area (Å²) >= 11 is 0. The van der Waals surface area contributed by atoms with Crippen molar-refractivity contribution in [1.82, 2.24) is 0 Å². The first-order chi connectivity index (χ1) is 19.1. The topological polar surface area (TPSA) is 151 Å². The largest absolute Gasteiger partial charge is 0.462 e. The molecule has 3 aliphatic heterocycles. The number of aliphatic hydroxyl groups excluding tert-OH is 1. The number of rotatable bonds is 7. The van der Waals surface area contributed by atoms with Crippen molar-refractivity contribution >= 4 is 17.9 Å². The number of carbonyl (C=O) groups excluding carboxylic acids is 3. The fourth-order valence-corrected chi connectivity index (χ4v) is 5.68. The lowest BCUT2D eigenvalue weighted by Gasteiger charge is -2.27. The summed E-state index contributed by atoms with van der Waals surface area (Å²) in [6.45, 7) is 13.9. The van der Waals surface area contributed by atoms with E-state index in [1.165, 1.54) is 26.2 Å². The molecule has 232 valence electrons. The van der Waals surface area contributed by atoms with Crippen LogP contribution in [0.2, 0.25) is 0 Å². The Balaban J connectivity index is 0.000000221. The molecule has 0 radical (unpaired) electrons. The molecular formula is C30H47NO10. The van der Waals surface area contributed by atoms with E-state index < -0.39 is 53.8 Å². The van der Waals surface area contributed by atoms with Crippen LogP contribution in [0.25, 0.3) is 0 Å². The van der Waals surface area contributed by atoms with Gasteiger partial charge >= 0.3 is 17.9 Å². The van der Waals surface area contributed by atoms with Crippen LogP contribution < -0.4 is 0 Å². The lowest BCUT2D eigenvalue weighted by molar-refractivity contribution is -0.218. The van der Waals surface area contributed by atoms with E-state index in [0.717, 1.165) is 18.8 Å². The van der Waals surface area contributed by atoms with Gasteiger partial charge < -0.3 is 33.5 Å². The standard InChI is InChI=1S/C15H22O8.C13H22O2.C2H3N/c1-5-15(4,6-16)13(18)21-9-7-8(19-11(9)17)10-12(20-7)23-14(2,3)22-10;1-4-13(2,3)12(14)15-11-8-9-5-6-10(11)7-9;1-2-3/h7-10,12,16H,5-6H2,1-4H3;9-11H,4-8H2,1-3H3;1H3. The molecule has 5 fully saturated rings. The number of nitrogens with zero attached hydrogens (tertiary/aromatic N) is 1. The van der Waals surface area contributed by atoms with E-state index in [2.05, 4.69) is 0 Å². The molecule has 0 aromatic rings. The molecule has 0 amide bonds. The second kappa shape index (κ2) is 12.9. The normalized spacial score (nSPS) is 35.4. The van der Waals surface area contributed by atoms with Crippen LogP contribution in [0.3, 0.4) is 0 Å². The first-order valence-corrected chi connectivity index (χ1v) is 14.7. The van der Waals surface area contributed by atoms with Crippen LogP contribution in [0.4, 0.5) is 0 Å². The van der Waals surface area contributed by atoms with Crippen LogP contribution in [-0.4, -0.2) is 72.2 Å². The average Bonchev–Trinajstić information content (AvgIpc) is 3.72. The summed E-state index contributed by atoms with van der Waals surface area (Å²) in [6, 6.07) is 1.75. The molecule has 9 unspecified atom stereocenters. The third-order valence-electron chi connectivity index (χ3n) is 9.03. The first kappa shape index (κ1) is 33.2. The van der Waals surface area contributed by atoms with Crippen LogP contribution in [-0.2, 0) is 42.8 Å². The minimum absolute atomic E-state index is 0.00236. The fraction of sp³-hybridized carbons (Fsp3) is 0.867. The highest BCUT2D eigenvalue weighted by Gasteiger charge is 2.64. The van der Waals surface area contributed by atoms with Gasteiger partial charge in [-0.05, 0) is 85.0 Å². The number of carbonyl (C=O) groups is 3. The van der Waals surface area contributed by atoms with Gasteiger partial charge in [-0.25, -0.2) is 4.79 Å². The van der Waals surface area contributed by atoms with Gasteiger partial charge in [-0.2, -0.15) is 5.26 Å². The monoisotopic (exact) mass is 581 g/mol. The van der Waals surface area contributed by atoms with Crippen LogP contribution in [0.15, 0.2) is 0 Å². The Morgan fingerprint density at radius 1 is 1.02 bits per heavy atom. The molecule has 11 nitrogen and oxygen atoms in total. The fourth-order valence-electron chi connectivity index (χ4n) is 5.68. The van der Waals surface area contributed by atoms with E-state index in [4.69, 9.17) is 33.7 Å². The number of esters is 3. The predicted octanol–water partition coefficient (Wildman–Crippen LogP) is 3.79. The smallest absolute Gasteiger partial charge is 0.350 e. The molecule has 3 heterocycles. The summed E-state index contributed by atoms with van der Waals surface area (Å²) in [6.07, 6.45) is 2.70. The maximum absolute atomic E-state index is 12.3. The van der Waals surface area contributed by atoms with Crippen molar-refractivity contribution < 1.29 is 47.9 Å². The highest BCUT2D eigenvalue weighted by atomic mass is 16.9. The molecule has 5 aliphatic rings. The number of fused-ring (bicyclic) bond motifs is 5. The SMILES string of the molecule is CC#N.CCC(C)(C)C(=O)OC1CC2CCC1C2.CCC(C)(CO)C(=O)OC1C(=O)OC2C3OC(C)(C)OC3OC12. The van der Waals surface area contributed by atoms with Crippen molar-refractivity contribution in [3.05, 3.63) is 0 Å². The van der Waals surface area contributed by atoms with Crippen LogP contribution in [0.5, 0.6) is 0 Å². The van der Waals surface area contributed by atoms with Crippen molar-refractivity contribution in [2.75, 3.05) is 6.61 Å². The maximum atomic E-state index is 12.3. The molecule has 3 saturated heterocycles. The van der Waals surface area contributed by atoms with E-state index >= 15 is 0 Å². The van der Waals surface area contributed by atoms with E-state index in [-0.39, 0.29) is 24.1 Å². The number of hydrogen-bond acceptors (Lipinski definition) is 11. The number of hydrogen-bond donors (Lipinski definition) is 1. The highest BCUT2D eigenvalue weighted by molar-refractivity contribution is 5.84. The molecule has 1 N–H and O–H groups in total. The second-order valence-electron chi connectivity index (χ2n) is 12.9. The van der Waals surface area contributed by atoms with Gasteiger partial charge in [0.2, 0.25) is 6.10 Å². The zero-order chi connectivity index (χ0) is 30.8. The van der Waals surface area contributed by atoms with Crippen LogP contribution in [0, 0.1) is 34.0 Å². The Labute approximate surface area is 243 Å². The predicted molar refractivity (Wildman–Crippen MR) is 145 cm³/mol. The molecule has 2 aliphatic carbocycles. The molecule has 5 rings (SSSR count). The molecule has 0 aromatic carbocycles. The van der Waals surface area contributed by atoms with Gasteiger partial charge in [0.05, 0.1) is 23.5 Å². The summed E-state index contributed by atoms with van der Waals surface area (Å²) in [5, 5.41) is 16.7. The lowest BCUT2D eigenvalue weighted by atomic mass is 9.89. The second-order valence-corrected chi connectivity index (χ2v) is 12.9. The third-order valence-corrected chi connectivity index (χ3v) is 9.03. The minimum atomic E-state index is -1.18. The molecule has 11 heteroatoms. The Morgan fingerprint density at radius 2 is 1.68 bits per heavy atom. The molecule has 9 atom stereocenters. The highest BCUT2D eigenvalue weighted by Crippen LogP contribution is 2.46.